The van der Waals surface area contributed by atoms with Gasteiger partial charge in [-0.15, -0.1) is 0 Å². The Balaban J connectivity index is 1.73. The SMILES string of the molecule is CC=C1CC2CC1C1C3CC(C(C)C3C)C21. The van der Waals surface area contributed by atoms with Crippen molar-refractivity contribution >= 4 is 0 Å². The fourth-order valence-electron chi connectivity index (χ4n) is 6.38. The molecule has 0 heterocycles. The standard InChI is InChI=1S/C16H24/c1-4-10-5-11-6-14(10)16-13-7-12(15(11)16)8(2)9(13)3/h4,8-9,11-16H,5-7H2,1-3H3. The summed E-state index contributed by atoms with van der Waals surface area (Å²) in [5.41, 5.74) is 1.83. The second-order valence-electron chi connectivity index (χ2n) is 7.11. The molecule has 0 aromatic rings. The van der Waals surface area contributed by atoms with Gasteiger partial charge in [0.15, 0.2) is 0 Å². The lowest BCUT2D eigenvalue weighted by Crippen LogP contribution is -2.36. The maximum absolute atomic E-state index is 2.54. The van der Waals surface area contributed by atoms with Crippen LogP contribution in [-0.4, -0.2) is 0 Å². The van der Waals surface area contributed by atoms with Gasteiger partial charge in [0.05, 0.1) is 0 Å². The molecular formula is C16H24. The Hall–Kier alpha value is -0.260. The predicted molar refractivity (Wildman–Crippen MR) is 66.9 cm³/mol. The summed E-state index contributed by atoms with van der Waals surface area (Å²) in [7, 11) is 0. The minimum atomic E-state index is 1.02. The number of rotatable bonds is 0. The van der Waals surface area contributed by atoms with Crippen LogP contribution < -0.4 is 0 Å². The van der Waals surface area contributed by atoms with Crippen molar-refractivity contribution in [2.24, 2.45) is 47.3 Å². The summed E-state index contributed by atoms with van der Waals surface area (Å²) < 4.78 is 0. The van der Waals surface area contributed by atoms with Crippen LogP contribution in [-0.2, 0) is 0 Å². The Bertz CT molecular complexity index is 353. The fourth-order valence-corrected chi connectivity index (χ4v) is 6.38. The first-order valence-corrected chi connectivity index (χ1v) is 7.37. The third-order valence-corrected chi connectivity index (χ3v) is 7.07. The molecule has 4 aliphatic rings. The van der Waals surface area contributed by atoms with Crippen LogP contribution in [0, 0.1) is 47.3 Å². The van der Waals surface area contributed by atoms with Gasteiger partial charge in [-0.2, -0.15) is 0 Å². The van der Waals surface area contributed by atoms with Gasteiger partial charge in [0.1, 0.15) is 0 Å². The summed E-state index contributed by atoms with van der Waals surface area (Å²) in [6.07, 6.45) is 7.05. The van der Waals surface area contributed by atoms with E-state index in [0.717, 1.165) is 47.3 Å². The van der Waals surface area contributed by atoms with Crippen molar-refractivity contribution in [3.63, 3.8) is 0 Å². The summed E-state index contributed by atoms with van der Waals surface area (Å²) in [6, 6.07) is 0. The van der Waals surface area contributed by atoms with Crippen molar-refractivity contribution < 1.29 is 0 Å². The smallest absolute Gasteiger partial charge is 0.0166 e. The average molecular weight is 216 g/mol. The number of fused-ring (bicyclic) bond motifs is 9. The van der Waals surface area contributed by atoms with E-state index in [4.69, 9.17) is 0 Å². The van der Waals surface area contributed by atoms with Crippen LogP contribution >= 0.6 is 0 Å². The first-order valence-electron chi connectivity index (χ1n) is 7.37. The predicted octanol–water partition coefficient (Wildman–Crippen LogP) is 4.13. The molecule has 4 saturated carbocycles. The van der Waals surface area contributed by atoms with Gasteiger partial charge in [-0.05, 0) is 73.5 Å². The monoisotopic (exact) mass is 216 g/mol. The van der Waals surface area contributed by atoms with Crippen LogP contribution in [0.5, 0.6) is 0 Å². The minimum Gasteiger partial charge on any atom is -0.0882 e. The summed E-state index contributed by atoms with van der Waals surface area (Å²) in [6.45, 7) is 7.34. The van der Waals surface area contributed by atoms with E-state index in [2.05, 4.69) is 26.8 Å². The van der Waals surface area contributed by atoms with Crippen molar-refractivity contribution in [2.45, 2.75) is 40.0 Å². The highest BCUT2D eigenvalue weighted by Gasteiger charge is 2.64. The highest BCUT2D eigenvalue weighted by atomic mass is 14.7. The van der Waals surface area contributed by atoms with Gasteiger partial charge in [-0.1, -0.05) is 25.5 Å². The van der Waals surface area contributed by atoms with Crippen molar-refractivity contribution in [3.05, 3.63) is 11.6 Å². The first-order chi connectivity index (χ1) is 7.72. The van der Waals surface area contributed by atoms with Crippen LogP contribution in [0.1, 0.15) is 40.0 Å². The normalized spacial score (nSPS) is 64.6. The lowest BCUT2D eigenvalue weighted by atomic mass is 9.63. The Morgan fingerprint density at radius 3 is 2.38 bits per heavy atom. The molecule has 0 spiro atoms. The summed E-state index contributed by atoms with van der Waals surface area (Å²) >= 11 is 0. The molecule has 0 saturated heterocycles. The van der Waals surface area contributed by atoms with E-state index < -0.39 is 0 Å². The Labute approximate surface area is 99.5 Å². The van der Waals surface area contributed by atoms with Gasteiger partial charge in [-0.3, -0.25) is 0 Å². The highest BCUT2D eigenvalue weighted by molar-refractivity contribution is 5.25. The summed E-state index contributed by atoms with van der Waals surface area (Å²) in [4.78, 5) is 0. The van der Waals surface area contributed by atoms with E-state index in [-0.39, 0.29) is 0 Å². The fraction of sp³-hybridized carbons (Fsp3) is 0.875. The summed E-state index contributed by atoms with van der Waals surface area (Å²) in [5, 5.41) is 0. The topological polar surface area (TPSA) is 0 Å². The highest BCUT2D eigenvalue weighted by Crippen LogP contribution is 2.71. The van der Waals surface area contributed by atoms with Gasteiger partial charge in [0.2, 0.25) is 0 Å². The average Bonchev–Trinajstić information content (AvgIpc) is 2.98. The van der Waals surface area contributed by atoms with E-state index in [1.54, 1.807) is 12.8 Å². The Morgan fingerprint density at radius 2 is 1.69 bits per heavy atom. The van der Waals surface area contributed by atoms with Gasteiger partial charge >= 0.3 is 0 Å². The molecule has 0 radical (unpaired) electrons. The lowest BCUT2D eigenvalue weighted by Gasteiger charge is -2.41. The molecule has 0 aliphatic heterocycles. The number of allylic oxidation sites excluding steroid dienone is 2. The molecule has 4 rings (SSSR count). The molecule has 0 amide bonds. The van der Waals surface area contributed by atoms with Crippen molar-refractivity contribution in [2.75, 3.05) is 0 Å². The van der Waals surface area contributed by atoms with E-state index in [1.807, 2.05) is 5.57 Å². The molecule has 88 valence electrons. The van der Waals surface area contributed by atoms with Crippen LogP contribution in [0.4, 0.5) is 0 Å². The number of hydrogen-bond donors (Lipinski definition) is 0. The van der Waals surface area contributed by atoms with Crippen LogP contribution in [0.15, 0.2) is 11.6 Å². The maximum atomic E-state index is 2.54. The Morgan fingerprint density at radius 1 is 1.00 bits per heavy atom. The van der Waals surface area contributed by atoms with E-state index in [9.17, 15) is 0 Å². The maximum Gasteiger partial charge on any atom is -0.0166 e. The zero-order valence-electron chi connectivity index (χ0n) is 10.8. The van der Waals surface area contributed by atoms with Gasteiger partial charge < -0.3 is 0 Å². The summed E-state index contributed by atoms with van der Waals surface area (Å²) in [5.74, 6) is 8.61. The molecule has 4 aliphatic carbocycles. The molecular weight excluding hydrogens is 192 g/mol. The number of hydrogen-bond acceptors (Lipinski definition) is 0. The molecule has 0 nitrogen and oxygen atoms in total. The third kappa shape index (κ3) is 0.901. The van der Waals surface area contributed by atoms with E-state index in [0.29, 0.717) is 0 Å². The molecule has 4 fully saturated rings. The van der Waals surface area contributed by atoms with Gasteiger partial charge in [0.25, 0.3) is 0 Å². The largest absolute Gasteiger partial charge is 0.0882 e. The van der Waals surface area contributed by atoms with E-state index in [1.165, 1.54) is 6.42 Å². The van der Waals surface area contributed by atoms with Crippen molar-refractivity contribution in [3.8, 4) is 0 Å². The molecule has 0 N–H and O–H groups in total. The first kappa shape index (κ1) is 9.74. The Kier molecular flexibility index (Phi) is 1.79. The molecule has 0 aromatic carbocycles. The van der Waals surface area contributed by atoms with Crippen LogP contribution in [0.2, 0.25) is 0 Å². The molecule has 0 heteroatoms. The van der Waals surface area contributed by atoms with Gasteiger partial charge in [0, 0.05) is 0 Å². The molecule has 16 heavy (non-hydrogen) atoms. The third-order valence-electron chi connectivity index (χ3n) is 7.07. The molecule has 8 atom stereocenters. The van der Waals surface area contributed by atoms with Crippen molar-refractivity contribution in [1.29, 1.82) is 0 Å². The second kappa shape index (κ2) is 2.94. The molecule has 0 aromatic heterocycles. The minimum absolute atomic E-state index is 1.02. The second-order valence-corrected chi connectivity index (χ2v) is 7.11. The van der Waals surface area contributed by atoms with Crippen LogP contribution in [0.3, 0.4) is 0 Å². The lowest BCUT2D eigenvalue weighted by molar-refractivity contribution is 0.0883. The molecule has 4 bridgehead atoms. The van der Waals surface area contributed by atoms with E-state index >= 15 is 0 Å². The van der Waals surface area contributed by atoms with Gasteiger partial charge in [-0.25, -0.2) is 0 Å². The van der Waals surface area contributed by atoms with Crippen LogP contribution in [0.25, 0.3) is 0 Å². The zero-order valence-corrected chi connectivity index (χ0v) is 10.8. The zero-order chi connectivity index (χ0) is 11.0. The van der Waals surface area contributed by atoms with Crippen molar-refractivity contribution in [1.82, 2.24) is 0 Å². The quantitative estimate of drug-likeness (QED) is 0.422. The molecule has 8 unspecified atom stereocenters.